The summed E-state index contributed by atoms with van der Waals surface area (Å²) in [6.07, 6.45) is 4.02. The number of benzene rings is 2. The predicted molar refractivity (Wildman–Crippen MR) is 77.7 cm³/mol. The highest BCUT2D eigenvalue weighted by Crippen LogP contribution is 2.32. The Morgan fingerprint density at radius 2 is 1.95 bits per heavy atom. The maximum atomic E-state index is 14.0. The van der Waals surface area contributed by atoms with Crippen LogP contribution in [0.1, 0.15) is 23.1 Å². The molecule has 0 radical (unpaired) electrons. The molecule has 2 N–H and O–H groups in total. The summed E-state index contributed by atoms with van der Waals surface area (Å²) < 4.78 is 19.8. The molecule has 2 aromatic rings. The number of halogens is 1. The lowest BCUT2D eigenvalue weighted by Crippen LogP contribution is -2.05. The summed E-state index contributed by atoms with van der Waals surface area (Å²) >= 11 is 0. The molecule has 0 saturated heterocycles. The van der Waals surface area contributed by atoms with Crippen molar-refractivity contribution in [2.24, 2.45) is 5.73 Å². The highest BCUT2D eigenvalue weighted by atomic mass is 19.1. The smallest absolute Gasteiger partial charge is 0.166 e. The highest BCUT2D eigenvalue weighted by Gasteiger charge is 2.14. The van der Waals surface area contributed by atoms with E-state index in [0.717, 1.165) is 18.4 Å². The summed E-state index contributed by atoms with van der Waals surface area (Å²) in [4.78, 5) is 0. The molecule has 104 valence electrons. The van der Waals surface area contributed by atoms with Crippen LogP contribution in [0, 0.1) is 5.82 Å². The molecule has 1 aliphatic carbocycles. The SMILES string of the molecule is NCCc1cccc(F)c1Oc1ccc2c(c1)CCC2. The molecule has 20 heavy (non-hydrogen) atoms. The van der Waals surface area contributed by atoms with Crippen molar-refractivity contribution in [2.45, 2.75) is 25.7 Å². The molecule has 0 spiro atoms. The first-order chi connectivity index (χ1) is 9.78. The molecular weight excluding hydrogens is 253 g/mol. The van der Waals surface area contributed by atoms with Crippen LogP contribution in [0.4, 0.5) is 4.39 Å². The van der Waals surface area contributed by atoms with Gasteiger partial charge in [0.1, 0.15) is 5.75 Å². The predicted octanol–water partition coefficient (Wildman–Crippen LogP) is 3.61. The molecule has 0 bridgehead atoms. The largest absolute Gasteiger partial charge is 0.454 e. The fraction of sp³-hybridized carbons (Fsp3) is 0.294. The third kappa shape index (κ3) is 2.54. The Balaban J connectivity index is 1.91. The number of ether oxygens (including phenoxy) is 1. The van der Waals surface area contributed by atoms with Gasteiger partial charge in [0.15, 0.2) is 11.6 Å². The molecule has 0 unspecified atom stereocenters. The van der Waals surface area contributed by atoms with Gasteiger partial charge in [-0.2, -0.15) is 0 Å². The van der Waals surface area contributed by atoms with E-state index in [1.807, 2.05) is 18.2 Å². The zero-order valence-electron chi connectivity index (χ0n) is 11.4. The van der Waals surface area contributed by atoms with Crippen LogP contribution in [0.3, 0.4) is 0 Å². The van der Waals surface area contributed by atoms with Gasteiger partial charge in [0, 0.05) is 0 Å². The monoisotopic (exact) mass is 271 g/mol. The van der Waals surface area contributed by atoms with Gasteiger partial charge < -0.3 is 10.5 Å². The Morgan fingerprint density at radius 1 is 1.10 bits per heavy atom. The second kappa shape index (κ2) is 5.63. The molecule has 3 heteroatoms. The maximum Gasteiger partial charge on any atom is 0.166 e. The first-order valence-electron chi connectivity index (χ1n) is 7.05. The van der Waals surface area contributed by atoms with Gasteiger partial charge >= 0.3 is 0 Å². The minimum atomic E-state index is -0.337. The lowest BCUT2D eigenvalue weighted by molar-refractivity contribution is 0.436. The molecule has 0 aromatic heterocycles. The van der Waals surface area contributed by atoms with Crippen LogP contribution in [0.25, 0.3) is 0 Å². The molecule has 0 fully saturated rings. The number of fused-ring (bicyclic) bond motifs is 1. The summed E-state index contributed by atoms with van der Waals surface area (Å²) in [7, 11) is 0. The van der Waals surface area contributed by atoms with Crippen LogP contribution in [0.5, 0.6) is 11.5 Å². The first-order valence-corrected chi connectivity index (χ1v) is 7.05. The Bertz CT molecular complexity index is 624. The van der Waals surface area contributed by atoms with Crippen molar-refractivity contribution in [3.8, 4) is 11.5 Å². The van der Waals surface area contributed by atoms with Crippen molar-refractivity contribution in [3.05, 3.63) is 58.9 Å². The molecule has 2 nitrogen and oxygen atoms in total. The first kappa shape index (κ1) is 13.1. The Labute approximate surface area is 118 Å². The quantitative estimate of drug-likeness (QED) is 0.922. The maximum absolute atomic E-state index is 14.0. The molecule has 1 aliphatic rings. The van der Waals surface area contributed by atoms with E-state index < -0.39 is 0 Å². The van der Waals surface area contributed by atoms with Crippen molar-refractivity contribution in [3.63, 3.8) is 0 Å². The zero-order valence-corrected chi connectivity index (χ0v) is 11.4. The average Bonchev–Trinajstić information content (AvgIpc) is 2.90. The van der Waals surface area contributed by atoms with Gasteiger partial charge in [0.25, 0.3) is 0 Å². The summed E-state index contributed by atoms with van der Waals surface area (Å²) in [6, 6.07) is 11.0. The van der Waals surface area contributed by atoms with Gasteiger partial charge in [0.2, 0.25) is 0 Å². The molecule has 2 aromatic carbocycles. The summed E-state index contributed by atoms with van der Waals surface area (Å²) in [5.41, 5.74) is 9.08. The molecule has 0 heterocycles. The van der Waals surface area contributed by atoms with E-state index in [2.05, 4.69) is 6.07 Å². The third-order valence-electron chi connectivity index (χ3n) is 3.75. The van der Waals surface area contributed by atoms with Crippen LogP contribution in [0.15, 0.2) is 36.4 Å². The van der Waals surface area contributed by atoms with Crippen LogP contribution in [-0.2, 0) is 19.3 Å². The van der Waals surface area contributed by atoms with E-state index in [9.17, 15) is 4.39 Å². The van der Waals surface area contributed by atoms with Crippen molar-refractivity contribution in [1.29, 1.82) is 0 Å². The van der Waals surface area contributed by atoms with Gasteiger partial charge in [-0.15, -0.1) is 0 Å². The highest BCUT2D eigenvalue weighted by molar-refractivity contribution is 5.43. The van der Waals surface area contributed by atoms with E-state index in [-0.39, 0.29) is 5.82 Å². The van der Waals surface area contributed by atoms with Gasteiger partial charge in [-0.1, -0.05) is 18.2 Å². The zero-order chi connectivity index (χ0) is 13.9. The molecule has 0 saturated carbocycles. The number of hydrogen-bond donors (Lipinski definition) is 1. The van der Waals surface area contributed by atoms with Crippen LogP contribution in [0.2, 0.25) is 0 Å². The number of hydrogen-bond acceptors (Lipinski definition) is 2. The topological polar surface area (TPSA) is 35.2 Å². The normalized spacial score (nSPS) is 13.3. The summed E-state index contributed by atoms with van der Waals surface area (Å²) in [5.74, 6) is 0.668. The van der Waals surface area contributed by atoms with Crippen LogP contribution < -0.4 is 10.5 Å². The fourth-order valence-electron chi connectivity index (χ4n) is 2.75. The second-order valence-electron chi connectivity index (χ2n) is 5.15. The van der Waals surface area contributed by atoms with Crippen molar-refractivity contribution in [2.75, 3.05) is 6.54 Å². The van der Waals surface area contributed by atoms with Gasteiger partial charge in [-0.3, -0.25) is 0 Å². The van der Waals surface area contributed by atoms with Crippen molar-refractivity contribution >= 4 is 0 Å². The molecule has 3 rings (SSSR count). The fourth-order valence-corrected chi connectivity index (χ4v) is 2.75. The Hall–Kier alpha value is -1.87. The Kier molecular flexibility index (Phi) is 3.70. The van der Waals surface area contributed by atoms with E-state index >= 15 is 0 Å². The summed E-state index contributed by atoms with van der Waals surface area (Å²) in [5, 5.41) is 0. The van der Waals surface area contributed by atoms with Crippen LogP contribution >= 0.6 is 0 Å². The molecule has 0 aliphatic heterocycles. The molecule has 0 atom stereocenters. The standard InChI is InChI=1S/C17H18FNO/c18-16-6-2-4-13(9-10-19)17(16)20-15-8-7-12-3-1-5-14(12)11-15/h2,4,6-8,11H,1,3,5,9-10,19H2. The van der Waals surface area contributed by atoms with E-state index in [1.165, 1.54) is 23.6 Å². The van der Waals surface area contributed by atoms with E-state index in [0.29, 0.717) is 24.5 Å². The van der Waals surface area contributed by atoms with Gasteiger partial charge in [-0.05, 0) is 67.1 Å². The summed E-state index contributed by atoms with van der Waals surface area (Å²) in [6.45, 7) is 0.476. The van der Waals surface area contributed by atoms with Gasteiger partial charge in [0.05, 0.1) is 0 Å². The van der Waals surface area contributed by atoms with Crippen LogP contribution in [-0.4, -0.2) is 6.54 Å². The lowest BCUT2D eigenvalue weighted by Gasteiger charge is -2.12. The van der Waals surface area contributed by atoms with E-state index in [1.54, 1.807) is 6.07 Å². The minimum Gasteiger partial charge on any atom is -0.454 e. The van der Waals surface area contributed by atoms with Gasteiger partial charge in [-0.25, -0.2) is 4.39 Å². The van der Waals surface area contributed by atoms with E-state index in [4.69, 9.17) is 10.5 Å². The number of para-hydroxylation sites is 1. The molecular formula is C17H18FNO. The number of rotatable bonds is 4. The third-order valence-corrected chi connectivity index (χ3v) is 3.75. The number of nitrogens with two attached hydrogens (primary N) is 1. The Morgan fingerprint density at radius 3 is 2.80 bits per heavy atom. The lowest BCUT2D eigenvalue weighted by atomic mass is 10.1. The average molecular weight is 271 g/mol. The number of aryl methyl sites for hydroxylation is 2. The van der Waals surface area contributed by atoms with Crippen molar-refractivity contribution in [1.82, 2.24) is 0 Å². The second-order valence-corrected chi connectivity index (χ2v) is 5.15. The van der Waals surface area contributed by atoms with Crippen molar-refractivity contribution < 1.29 is 9.13 Å². The minimum absolute atomic E-state index is 0.302. The molecule has 0 amide bonds.